The van der Waals surface area contributed by atoms with Crippen molar-refractivity contribution < 1.29 is 12.8 Å². The third-order valence-corrected chi connectivity index (χ3v) is 4.93. The highest BCUT2D eigenvalue weighted by Crippen LogP contribution is 2.28. The van der Waals surface area contributed by atoms with E-state index in [2.05, 4.69) is 11.7 Å². The SMILES string of the molecule is C=C(c1cccc(CCS(N)(=O)=O)c1)c1cnn(-c2ccc(F)cc2)c1N. The summed E-state index contributed by atoms with van der Waals surface area (Å²) in [4.78, 5) is 0. The summed E-state index contributed by atoms with van der Waals surface area (Å²) in [5, 5.41) is 9.33. The highest BCUT2D eigenvalue weighted by atomic mass is 32.2. The third kappa shape index (κ3) is 4.42. The molecule has 0 bridgehead atoms. The van der Waals surface area contributed by atoms with Crippen LogP contribution in [0.15, 0.2) is 61.3 Å². The van der Waals surface area contributed by atoms with Crippen molar-refractivity contribution in [3.63, 3.8) is 0 Å². The van der Waals surface area contributed by atoms with Gasteiger partial charge >= 0.3 is 0 Å². The van der Waals surface area contributed by atoms with Crippen LogP contribution >= 0.6 is 0 Å². The summed E-state index contributed by atoms with van der Waals surface area (Å²) in [5.74, 6) is -0.0972. The zero-order valence-corrected chi connectivity index (χ0v) is 15.3. The van der Waals surface area contributed by atoms with Gasteiger partial charge in [0.1, 0.15) is 11.6 Å². The highest BCUT2D eigenvalue weighted by Gasteiger charge is 2.14. The Balaban J connectivity index is 1.87. The zero-order valence-electron chi connectivity index (χ0n) is 14.5. The number of nitrogens with zero attached hydrogens (tertiary/aromatic N) is 2. The molecular formula is C19H19FN4O2S. The molecule has 0 saturated heterocycles. The molecule has 4 N–H and O–H groups in total. The second kappa shape index (κ2) is 7.34. The zero-order chi connectivity index (χ0) is 19.6. The number of primary sulfonamides is 1. The highest BCUT2D eigenvalue weighted by molar-refractivity contribution is 7.89. The fourth-order valence-electron chi connectivity index (χ4n) is 2.71. The van der Waals surface area contributed by atoms with Crippen LogP contribution in [0.5, 0.6) is 0 Å². The normalized spacial score (nSPS) is 11.5. The Labute approximate surface area is 157 Å². The van der Waals surface area contributed by atoms with Gasteiger partial charge in [-0.15, -0.1) is 0 Å². The van der Waals surface area contributed by atoms with Crippen molar-refractivity contribution in [1.82, 2.24) is 9.78 Å². The first-order valence-electron chi connectivity index (χ1n) is 8.13. The Morgan fingerprint density at radius 1 is 1.19 bits per heavy atom. The topological polar surface area (TPSA) is 104 Å². The molecule has 3 aromatic rings. The molecular weight excluding hydrogens is 367 g/mol. The second-order valence-electron chi connectivity index (χ2n) is 6.13. The summed E-state index contributed by atoms with van der Waals surface area (Å²) in [6, 6.07) is 13.2. The molecule has 2 aromatic carbocycles. The van der Waals surface area contributed by atoms with Gasteiger partial charge in [0, 0.05) is 5.56 Å². The molecule has 6 nitrogen and oxygen atoms in total. The van der Waals surface area contributed by atoms with E-state index in [-0.39, 0.29) is 11.6 Å². The van der Waals surface area contributed by atoms with Gasteiger partial charge in [-0.2, -0.15) is 5.10 Å². The van der Waals surface area contributed by atoms with Crippen LogP contribution in [0.25, 0.3) is 11.3 Å². The predicted molar refractivity (Wildman–Crippen MR) is 104 cm³/mol. The van der Waals surface area contributed by atoms with Crippen molar-refractivity contribution >= 4 is 21.4 Å². The molecule has 8 heteroatoms. The van der Waals surface area contributed by atoms with E-state index in [9.17, 15) is 12.8 Å². The Morgan fingerprint density at radius 2 is 1.89 bits per heavy atom. The Bertz CT molecular complexity index is 1090. The Hall–Kier alpha value is -2.97. The van der Waals surface area contributed by atoms with Gasteiger partial charge in [0.2, 0.25) is 10.0 Å². The van der Waals surface area contributed by atoms with E-state index >= 15 is 0 Å². The van der Waals surface area contributed by atoms with Crippen molar-refractivity contribution in [1.29, 1.82) is 0 Å². The van der Waals surface area contributed by atoms with E-state index in [1.165, 1.54) is 16.8 Å². The van der Waals surface area contributed by atoms with Crippen LogP contribution in [0.2, 0.25) is 0 Å². The minimum Gasteiger partial charge on any atom is -0.383 e. The molecule has 27 heavy (non-hydrogen) atoms. The molecule has 1 aromatic heterocycles. The van der Waals surface area contributed by atoms with E-state index in [0.29, 0.717) is 29.1 Å². The number of hydrogen-bond donors (Lipinski definition) is 2. The lowest BCUT2D eigenvalue weighted by atomic mass is 9.99. The molecule has 0 fully saturated rings. The molecule has 0 spiro atoms. The minimum atomic E-state index is -3.53. The number of nitrogen functional groups attached to an aromatic ring is 1. The molecule has 0 aliphatic carbocycles. The van der Waals surface area contributed by atoms with Crippen molar-refractivity contribution in [3.8, 4) is 5.69 Å². The molecule has 0 aliphatic heterocycles. The second-order valence-corrected chi connectivity index (χ2v) is 7.86. The standard InChI is InChI=1S/C19H19FN4O2S/c1-13(15-4-2-3-14(11-15)9-10-27(22,25)26)18-12-23-24(19(18)21)17-7-5-16(20)6-8-17/h2-8,11-12H,1,9-10,21H2,(H2,22,25,26). The smallest absolute Gasteiger partial charge is 0.209 e. The van der Waals surface area contributed by atoms with Crippen molar-refractivity contribution in [2.45, 2.75) is 6.42 Å². The fraction of sp³-hybridized carbons (Fsp3) is 0.105. The summed E-state index contributed by atoms with van der Waals surface area (Å²) in [5.41, 5.74) is 9.77. The lowest BCUT2D eigenvalue weighted by Crippen LogP contribution is -2.17. The average molecular weight is 386 g/mol. The summed E-state index contributed by atoms with van der Waals surface area (Å²) < 4.78 is 36.9. The van der Waals surface area contributed by atoms with Crippen LogP contribution in [0, 0.1) is 5.82 Å². The summed E-state index contributed by atoms with van der Waals surface area (Å²) in [6.45, 7) is 4.09. The van der Waals surface area contributed by atoms with Gasteiger partial charge in [-0.1, -0.05) is 30.8 Å². The molecule has 0 atom stereocenters. The lowest BCUT2D eigenvalue weighted by Gasteiger charge is -2.09. The average Bonchev–Trinajstić information content (AvgIpc) is 3.01. The van der Waals surface area contributed by atoms with E-state index < -0.39 is 10.0 Å². The number of sulfonamides is 1. The van der Waals surface area contributed by atoms with Crippen LogP contribution in [-0.2, 0) is 16.4 Å². The Kier molecular flexibility index (Phi) is 5.11. The summed E-state index contributed by atoms with van der Waals surface area (Å²) in [6.07, 6.45) is 1.91. The van der Waals surface area contributed by atoms with Gasteiger partial charge in [0.25, 0.3) is 0 Å². The molecule has 0 saturated carbocycles. The maximum Gasteiger partial charge on any atom is 0.209 e. The Morgan fingerprint density at radius 3 is 2.56 bits per heavy atom. The number of anilines is 1. The number of nitrogens with two attached hydrogens (primary N) is 2. The van der Waals surface area contributed by atoms with Gasteiger partial charge in [0.05, 0.1) is 17.6 Å². The van der Waals surface area contributed by atoms with Gasteiger partial charge in [0.15, 0.2) is 0 Å². The van der Waals surface area contributed by atoms with Gasteiger partial charge in [-0.25, -0.2) is 22.6 Å². The predicted octanol–water partition coefficient (Wildman–Crippen LogP) is 2.49. The molecule has 0 amide bonds. The van der Waals surface area contributed by atoms with Crippen LogP contribution in [-0.4, -0.2) is 24.0 Å². The van der Waals surface area contributed by atoms with Crippen LogP contribution in [0.4, 0.5) is 10.2 Å². The van der Waals surface area contributed by atoms with E-state index in [1.807, 2.05) is 24.3 Å². The molecule has 0 radical (unpaired) electrons. The van der Waals surface area contributed by atoms with E-state index in [4.69, 9.17) is 10.9 Å². The molecule has 3 rings (SSSR count). The summed E-state index contributed by atoms with van der Waals surface area (Å²) >= 11 is 0. The first-order chi connectivity index (χ1) is 12.7. The fourth-order valence-corrected chi connectivity index (χ4v) is 3.23. The minimum absolute atomic E-state index is 0.131. The largest absolute Gasteiger partial charge is 0.383 e. The van der Waals surface area contributed by atoms with Crippen molar-refractivity contribution in [3.05, 3.63) is 83.8 Å². The monoisotopic (exact) mass is 386 g/mol. The summed E-state index contributed by atoms with van der Waals surface area (Å²) in [7, 11) is -3.53. The number of aromatic nitrogens is 2. The van der Waals surface area contributed by atoms with E-state index in [1.54, 1.807) is 18.3 Å². The maximum absolute atomic E-state index is 13.1. The molecule has 0 aliphatic rings. The molecule has 0 unspecified atom stereocenters. The first-order valence-corrected chi connectivity index (χ1v) is 9.84. The van der Waals surface area contributed by atoms with Gasteiger partial charge in [-0.05, 0) is 47.4 Å². The first kappa shape index (κ1) is 18.8. The lowest BCUT2D eigenvalue weighted by molar-refractivity contribution is 0.597. The molecule has 140 valence electrons. The van der Waals surface area contributed by atoms with Crippen molar-refractivity contribution in [2.24, 2.45) is 5.14 Å². The quantitative estimate of drug-likeness (QED) is 0.679. The molecule has 1 heterocycles. The number of rotatable bonds is 6. The van der Waals surface area contributed by atoms with Crippen LogP contribution < -0.4 is 10.9 Å². The van der Waals surface area contributed by atoms with Crippen LogP contribution in [0.1, 0.15) is 16.7 Å². The van der Waals surface area contributed by atoms with Crippen LogP contribution in [0.3, 0.4) is 0 Å². The van der Waals surface area contributed by atoms with Gasteiger partial charge in [-0.3, -0.25) is 0 Å². The van der Waals surface area contributed by atoms with E-state index in [0.717, 1.165) is 11.1 Å². The third-order valence-electron chi connectivity index (χ3n) is 4.15. The number of hydrogen-bond acceptors (Lipinski definition) is 4. The number of aryl methyl sites for hydroxylation is 1. The maximum atomic E-state index is 13.1. The van der Waals surface area contributed by atoms with Crippen molar-refractivity contribution in [2.75, 3.05) is 11.5 Å². The number of halogens is 1. The number of benzene rings is 2. The van der Waals surface area contributed by atoms with Gasteiger partial charge < -0.3 is 5.73 Å².